The maximum Gasteiger partial charge on any atom is 0.269 e. The highest BCUT2D eigenvalue weighted by molar-refractivity contribution is 5.34. The number of nitrogens with zero attached hydrogens (tertiary/aromatic N) is 2. The van der Waals surface area contributed by atoms with Crippen molar-refractivity contribution in [1.29, 1.82) is 0 Å². The minimum absolute atomic E-state index is 0.155. The van der Waals surface area contributed by atoms with E-state index in [-0.39, 0.29) is 16.8 Å². The quantitative estimate of drug-likeness (QED) is 0.666. The highest BCUT2D eigenvalue weighted by Crippen LogP contribution is 2.33. The third kappa shape index (κ3) is 2.55. The Kier molecular flexibility index (Phi) is 3.72. The van der Waals surface area contributed by atoms with E-state index in [2.05, 4.69) is 17.3 Å². The number of non-ortho nitro benzene ring substituents is 1. The Morgan fingerprint density at radius 2 is 1.95 bits per heavy atom. The van der Waals surface area contributed by atoms with E-state index in [0.717, 1.165) is 18.0 Å². The topological polar surface area (TPSA) is 58.4 Å². The van der Waals surface area contributed by atoms with Gasteiger partial charge in [0.25, 0.3) is 5.69 Å². The summed E-state index contributed by atoms with van der Waals surface area (Å²) >= 11 is 0. The van der Waals surface area contributed by atoms with Crippen molar-refractivity contribution in [2.24, 2.45) is 5.92 Å². The zero-order valence-corrected chi connectivity index (χ0v) is 11.8. The first-order valence-electron chi connectivity index (χ1n) is 7.36. The molecule has 2 fully saturated rings. The molecule has 3 rings (SSSR count). The maximum absolute atomic E-state index is 10.7. The summed E-state index contributed by atoms with van der Waals surface area (Å²) in [7, 11) is 2.13. The summed E-state index contributed by atoms with van der Waals surface area (Å²) in [6.45, 7) is 1.11. The highest BCUT2D eigenvalue weighted by Gasteiger charge is 2.35. The van der Waals surface area contributed by atoms with E-state index in [1.54, 1.807) is 12.1 Å². The Morgan fingerprint density at radius 3 is 2.65 bits per heavy atom. The third-order valence-corrected chi connectivity index (χ3v) is 4.66. The summed E-state index contributed by atoms with van der Waals surface area (Å²) in [4.78, 5) is 12.7. The number of nitro groups is 1. The van der Waals surface area contributed by atoms with Crippen molar-refractivity contribution in [3.05, 3.63) is 39.9 Å². The number of hydrogen-bond donors (Lipinski definition) is 1. The van der Waals surface area contributed by atoms with Crippen molar-refractivity contribution in [3.8, 4) is 0 Å². The van der Waals surface area contributed by atoms with E-state index in [1.165, 1.54) is 25.7 Å². The highest BCUT2D eigenvalue weighted by atomic mass is 16.6. The van der Waals surface area contributed by atoms with Gasteiger partial charge in [-0.3, -0.25) is 20.3 Å². The van der Waals surface area contributed by atoms with Crippen molar-refractivity contribution in [2.75, 3.05) is 13.6 Å². The Bertz CT molecular complexity index is 488. The fourth-order valence-electron chi connectivity index (χ4n) is 3.58. The molecule has 2 aliphatic rings. The van der Waals surface area contributed by atoms with Gasteiger partial charge in [-0.05, 0) is 43.5 Å². The summed E-state index contributed by atoms with van der Waals surface area (Å²) in [5.41, 5.74) is 1.27. The van der Waals surface area contributed by atoms with Crippen LogP contribution in [0.1, 0.15) is 37.4 Å². The Hall–Kier alpha value is -1.46. The summed E-state index contributed by atoms with van der Waals surface area (Å²) in [6.07, 6.45) is 5.40. The van der Waals surface area contributed by atoms with Gasteiger partial charge in [-0.25, -0.2) is 0 Å². The van der Waals surface area contributed by atoms with Gasteiger partial charge in [0.1, 0.15) is 0 Å². The minimum atomic E-state index is -0.348. The molecular formula is C15H21N3O2. The van der Waals surface area contributed by atoms with Crippen LogP contribution >= 0.6 is 0 Å². The zero-order chi connectivity index (χ0) is 14.1. The molecule has 108 valence electrons. The standard InChI is InChI=1S/C15H21N3O2/c1-17-10-12-4-2-3-5-14(12)16-15(17)11-6-8-13(9-7-11)18(19)20/h6-9,12,14-16H,2-5,10H2,1H3/t12-,14-,15-/m1/s1. The molecule has 1 saturated heterocycles. The van der Waals surface area contributed by atoms with E-state index in [4.69, 9.17) is 0 Å². The monoisotopic (exact) mass is 275 g/mol. The van der Waals surface area contributed by atoms with Gasteiger partial charge < -0.3 is 0 Å². The van der Waals surface area contributed by atoms with Crippen molar-refractivity contribution in [1.82, 2.24) is 10.2 Å². The van der Waals surface area contributed by atoms with E-state index in [9.17, 15) is 10.1 Å². The van der Waals surface area contributed by atoms with Gasteiger partial charge in [0.15, 0.2) is 0 Å². The normalized spacial score (nSPS) is 30.8. The van der Waals surface area contributed by atoms with Crippen molar-refractivity contribution in [3.63, 3.8) is 0 Å². The van der Waals surface area contributed by atoms with Gasteiger partial charge in [-0.1, -0.05) is 12.8 Å². The van der Waals surface area contributed by atoms with E-state index >= 15 is 0 Å². The lowest BCUT2D eigenvalue weighted by molar-refractivity contribution is -0.384. The van der Waals surface area contributed by atoms with Crippen LogP contribution in [0.5, 0.6) is 0 Å². The zero-order valence-electron chi connectivity index (χ0n) is 11.8. The lowest BCUT2D eigenvalue weighted by Gasteiger charge is -2.45. The molecule has 0 radical (unpaired) electrons. The SMILES string of the molecule is CN1C[C@H]2CCCC[C@H]2N[C@H]1c1ccc([N+](=O)[O-])cc1. The van der Waals surface area contributed by atoms with Crippen LogP contribution in [0.15, 0.2) is 24.3 Å². The number of nitrogens with one attached hydrogen (secondary N) is 1. The van der Waals surface area contributed by atoms with Crippen LogP contribution in [-0.4, -0.2) is 29.5 Å². The van der Waals surface area contributed by atoms with Crippen LogP contribution in [0.4, 0.5) is 5.69 Å². The van der Waals surface area contributed by atoms with Crippen molar-refractivity contribution >= 4 is 5.69 Å². The van der Waals surface area contributed by atoms with Crippen molar-refractivity contribution in [2.45, 2.75) is 37.9 Å². The van der Waals surface area contributed by atoms with Crippen LogP contribution in [0, 0.1) is 16.0 Å². The second kappa shape index (κ2) is 5.50. The molecular weight excluding hydrogens is 254 g/mol. The van der Waals surface area contributed by atoms with Gasteiger partial charge in [0.2, 0.25) is 0 Å². The molecule has 1 heterocycles. The number of fused-ring (bicyclic) bond motifs is 1. The van der Waals surface area contributed by atoms with E-state index in [1.807, 2.05) is 12.1 Å². The minimum Gasteiger partial charge on any atom is -0.295 e. The Morgan fingerprint density at radius 1 is 1.25 bits per heavy atom. The van der Waals surface area contributed by atoms with Gasteiger partial charge in [-0.15, -0.1) is 0 Å². The smallest absolute Gasteiger partial charge is 0.269 e. The van der Waals surface area contributed by atoms with Gasteiger partial charge in [0.05, 0.1) is 11.1 Å². The summed E-state index contributed by atoms with van der Waals surface area (Å²) in [5, 5.41) is 14.4. The molecule has 1 N–H and O–H groups in total. The molecule has 1 aliphatic heterocycles. The maximum atomic E-state index is 10.7. The Labute approximate surface area is 119 Å². The van der Waals surface area contributed by atoms with Crippen LogP contribution in [0.2, 0.25) is 0 Å². The summed E-state index contributed by atoms with van der Waals surface area (Å²) in [5.74, 6) is 0.753. The first kappa shape index (κ1) is 13.5. The fraction of sp³-hybridized carbons (Fsp3) is 0.600. The molecule has 0 unspecified atom stereocenters. The third-order valence-electron chi connectivity index (χ3n) is 4.66. The van der Waals surface area contributed by atoms with Gasteiger partial charge in [-0.2, -0.15) is 0 Å². The van der Waals surface area contributed by atoms with Gasteiger partial charge in [0, 0.05) is 24.7 Å². The largest absolute Gasteiger partial charge is 0.295 e. The molecule has 1 saturated carbocycles. The average Bonchev–Trinajstić information content (AvgIpc) is 2.46. The Balaban J connectivity index is 1.77. The van der Waals surface area contributed by atoms with Crippen molar-refractivity contribution < 1.29 is 4.92 Å². The molecule has 1 aromatic rings. The predicted octanol–water partition coefficient (Wildman–Crippen LogP) is 2.69. The molecule has 0 bridgehead atoms. The lowest BCUT2D eigenvalue weighted by Crippen LogP contribution is -2.54. The lowest BCUT2D eigenvalue weighted by atomic mass is 9.82. The first-order chi connectivity index (χ1) is 9.65. The molecule has 5 heteroatoms. The molecule has 1 aliphatic carbocycles. The van der Waals surface area contributed by atoms with E-state index in [0.29, 0.717) is 6.04 Å². The average molecular weight is 275 g/mol. The number of benzene rings is 1. The van der Waals surface area contributed by atoms with Crippen LogP contribution < -0.4 is 5.32 Å². The molecule has 5 nitrogen and oxygen atoms in total. The van der Waals surface area contributed by atoms with Crippen LogP contribution in [0.25, 0.3) is 0 Å². The molecule has 1 aromatic carbocycles. The van der Waals surface area contributed by atoms with Crippen LogP contribution in [-0.2, 0) is 0 Å². The molecule has 0 spiro atoms. The van der Waals surface area contributed by atoms with Gasteiger partial charge >= 0.3 is 0 Å². The molecule has 20 heavy (non-hydrogen) atoms. The second-order valence-corrected chi connectivity index (χ2v) is 6.01. The fourth-order valence-corrected chi connectivity index (χ4v) is 3.58. The molecule has 0 amide bonds. The van der Waals surface area contributed by atoms with Crippen LogP contribution in [0.3, 0.4) is 0 Å². The molecule has 0 aromatic heterocycles. The number of rotatable bonds is 2. The van der Waals surface area contributed by atoms with E-state index < -0.39 is 0 Å². The summed E-state index contributed by atoms with van der Waals surface area (Å²) in [6, 6.07) is 7.53. The summed E-state index contributed by atoms with van der Waals surface area (Å²) < 4.78 is 0. The number of nitro benzene ring substituents is 1. The second-order valence-electron chi connectivity index (χ2n) is 6.01. The number of hydrogen-bond acceptors (Lipinski definition) is 4. The predicted molar refractivity (Wildman–Crippen MR) is 77.3 cm³/mol. The molecule has 3 atom stereocenters. The first-order valence-corrected chi connectivity index (χ1v) is 7.36.